The Morgan fingerprint density at radius 1 is 0.971 bits per heavy atom. The van der Waals surface area contributed by atoms with E-state index >= 15 is 0 Å². The van der Waals surface area contributed by atoms with Gasteiger partial charge in [-0.3, -0.25) is 9.59 Å². The van der Waals surface area contributed by atoms with E-state index < -0.39 is 0 Å². The molecule has 0 unspecified atom stereocenters. The summed E-state index contributed by atoms with van der Waals surface area (Å²) in [4.78, 5) is 29.7. The van der Waals surface area contributed by atoms with Crippen LogP contribution in [0.25, 0.3) is 0 Å². The molecular weight excluding hydrogens is 486 g/mol. The summed E-state index contributed by atoms with van der Waals surface area (Å²) in [5.41, 5.74) is 1.52. The smallest absolute Gasteiger partial charge is 0.271 e. The molecule has 2 aromatic carbocycles. The Bertz CT molecular complexity index is 1130. The molecule has 0 saturated heterocycles. The Morgan fingerprint density at radius 2 is 1.60 bits per heavy atom. The topological polar surface area (TPSA) is 89.5 Å². The second-order valence-electron chi connectivity index (χ2n) is 8.51. The van der Waals surface area contributed by atoms with Crippen LogP contribution in [0, 0.1) is 6.92 Å². The molecule has 1 heterocycles. The highest BCUT2D eigenvalue weighted by molar-refractivity contribution is 7.09. The summed E-state index contributed by atoms with van der Waals surface area (Å²) < 4.78 is 11.3. The summed E-state index contributed by atoms with van der Waals surface area (Å²) in [5.74, 6) is 0.864. The van der Waals surface area contributed by atoms with E-state index in [1.807, 2.05) is 31.2 Å². The molecular formula is C26H28ClN3O4S. The van der Waals surface area contributed by atoms with Crippen LogP contribution < -0.4 is 20.1 Å². The van der Waals surface area contributed by atoms with Gasteiger partial charge in [0.05, 0.1) is 0 Å². The van der Waals surface area contributed by atoms with E-state index in [0.29, 0.717) is 23.1 Å². The monoisotopic (exact) mass is 513 g/mol. The molecule has 184 valence electrons. The number of hydrogen-bond donors (Lipinski definition) is 2. The molecule has 0 spiro atoms. The van der Waals surface area contributed by atoms with Gasteiger partial charge in [0.15, 0.2) is 6.61 Å². The minimum Gasteiger partial charge on any atom is -0.486 e. The third-order valence-electron chi connectivity index (χ3n) is 5.78. The number of rotatable bonds is 9. The zero-order valence-electron chi connectivity index (χ0n) is 19.5. The highest BCUT2D eigenvalue weighted by Gasteiger charge is 2.28. The molecule has 0 bridgehead atoms. The van der Waals surface area contributed by atoms with Gasteiger partial charge in [-0.05, 0) is 56.2 Å². The quantitative estimate of drug-likeness (QED) is 0.424. The summed E-state index contributed by atoms with van der Waals surface area (Å²) in [6.45, 7) is 2.22. The maximum absolute atomic E-state index is 12.9. The Labute approximate surface area is 213 Å². The van der Waals surface area contributed by atoms with Gasteiger partial charge in [-0.15, -0.1) is 11.3 Å². The van der Waals surface area contributed by atoms with Crippen molar-refractivity contribution in [2.75, 3.05) is 6.61 Å². The normalized spacial score (nSPS) is 17.4. The lowest BCUT2D eigenvalue weighted by atomic mass is 9.90. The predicted molar refractivity (Wildman–Crippen MR) is 136 cm³/mol. The Balaban J connectivity index is 1.27. The number of ether oxygens (including phenoxy) is 2. The van der Waals surface area contributed by atoms with E-state index in [9.17, 15) is 9.59 Å². The summed E-state index contributed by atoms with van der Waals surface area (Å²) in [7, 11) is 0. The second-order valence-corrected chi connectivity index (χ2v) is 9.89. The second kappa shape index (κ2) is 12.0. The number of nitrogens with one attached hydrogen (secondary N) is 2. The molecule has 2 amide bonds. The van der Waals surface area contributed by atoms with Gasteiger partial charge >= 0.3 is 0 Å². The fourth-order valence-corrected chi connectivity index (χ4v) is 4.72. The molecule has 0 radical (unpaired) electrons. The van der Waals surface area contributed by atoms with Crippen LogP contribution in [0.15, 0.2) is 53.9 Å². The molecule has 2 atom stereocenters. The number of carbonyl (C=O) groups excluding carboxylic acids is 2. The maximum Gasteiger partial charge on any atom is 0.271 e. The van der Waals surface area contributed by atoms with Crippen molar-refractivity contribution in [3.8, 4) is 11.5 Å². The van der Waals surface area contributed by atoms with Crippen molar-refractivity contribution in [2.24, 2.45) is 0 Å². The highest BCUT2D eigenvalue weighted by Crippen LogP contribution is 2.21. The molecule has 35 heavy (non-hydrogen) atoms. The first kappa shape index (κ1) is 25.0. The van der Waals surface area contributed by atoms with Crippen LogP contribution in [0.3, 0.4) is 0 Å². The van der Waals surface area contributed by atoms with Crippen LogP contribution in [-0.2, 0) is 11.4 Å². The largest absolute Gasteiger partial charge is 0.486 e. The van der Waals surface area contributed by atoms with Crippen molar-refractivity contribution in [3.05, 3.63) is 75.2 Å². The Kier molecular flexibility index (Phi) is 8.60. The van der Waals surface area contributed by atoms with Crippen molar-refractivity contribution in [3.63, 3.8) is 0 Å². The zero-order chi connectivity index (χ0) is 24.6. The minimum absolute atomic E-state index is 0.102. The fourth-order valence-electron chi connectivity index (χ4n) is 3.91. The first-order valence-corrected chi connectivity index (χ1v) is 12.8. The number of benzene rings is 2. The van der Waals surface area contributed by atoms with Gasteiger partial charge in [0, 0.05) is 22.5 Å². The molecule has 1 aliphatic rings. The number of nitrogens with zero attached hydrogens (tertiary/aromatic N) is 1. The number of hydrogen-bond acceptors (Lipinski definition) is 6. The summed E-state index contributed by atoms with van der Waals surface area (Å²) in [6.07, 6.45) is 3.57. The van der Waals surface area contributed by atoms with Crippen LogP contribution >= 0.6 is 22.9 Å². The van der Waals surface area contributed by atoms with Crippen molar-refractivity contribution in [1.29, 1.82) is 0 Å². The zero-order valence-corrected chi connectivity index (χ0v) is 21.0. The average molecular weight is 514 g/mol. The lowest BCUT2D eigenvalue weighted by molar-refractivity contribution is -0.124. The highest BCUT2D eigenvalue weighted by atomic mass is 35.5. The van der Waals surface area contributed by atoms with E-state index in [1.54, 1.807) is 29.6 Å². The van der Waals surface area contributed by atoms with Crippen molar-refractivity contribution in [2.45, 2.75) is 51.3 Å². The molecule has 3 aromatic rings. The van der Waals surface area contributed by atoms with Crippen LogP contribution in [0.4, 0.5) is 0 Å². The fraction of sp³-hybridized carbons (Fsp3) is 0.346. The van der Waals surface area contributed by atoms with Crippen LogP contribution in [0.1, 0.15) is 46.7 Å². The number of carbonyl (C=O) groups is 2. The number of aryl methyl sites for hydroxylation is 1. The number of thiazole rings is 1. The van der Waals surface area contributed by atoms with Crippen LogP contribution in [-0.4, -0.2) is 35.5 Å². The van der Waals surface area contributed by atoms with E-state index in [4.69, 9.17) is 21.1 Å². The van der Waals surface area contributed by atoms with Crippen molar-refractivity contribution >= 4 is 34.8 Å². The molecule has 1 saturated carbocycles. The first-order valence-electron chi connectivity index (χ1n) is 11.6. The molecule has 7 nitrogen and oxygen atoms in total. The summed E-state index contributed by atoms with van der Waals surface area (Å²) in [6, 6.07) is 14.3. The lowest BCUT2D eigenvalue weighted by Gasteiger charge is -2.32. The molecule has 9 heteroatoms. The van der Waals surface area contributed by atoms with Crippen molar-refractivity contribution < 1.29 is 19.1 Å². The number of aromatic nitrogens is 1. The van der Waals surface area contributed by atoms with Crippen molar-refractivity contribution in [1.82, 2.24) is 15.6 Å². The molecule has 1 aliphatic carbocycles. The van der Waals surface area contributed by atoms with Crippen LogP contribution in [0.2, 0.25) is 5.02 Å². The summed E-state index contributed by atoms with van der Waals surface area (Å²) >= 11 is 7.26. The first-order chi connectivity index (χ1) is 17.0. The number of halogens is 1. The Hall–Kier alpha value is -3.10. The molecule has 4 rings (SSSR count). The van der Waals surface area contributed by atoms with E-state index in [2.05, 4.69) is 15.6 Å². The standard InChI is InChI=1S/C26H28ClN3O4S/c1-17-6-10-19(11-7-17)34-15-25-29-23(16-35-25)26(32)30-22-5-3-2-4-21(22)28-24(31)14-33-20-12-8-18(27)9-13-20/h6-13,16,21-22H,2-5,14-15H2,1H3,(H,28,31)(H,30,32)/t21-,22-/m0/s1. The molecule has 1 fully saturated rings. The van der Waals surface area contributed by atoms with Gasteiger partial charge in [-0.2, -0.15) is 0 Å². The van der Waals surface area contributed by atoms with Gasteiger partial charge in [-0.1, -0.05) is 42.1 Å². The molecule has 1 aromatic heterocycles. The number of amides is 2. The van der Waals surface area contributed by atoms with Gasteiger partial charge in [0.25, 0.3) is 11.8 Å². The third kappa shape index (κ3) is 7.44. The van der Waals surface area contributed by atoms with E-state index in [-0.39, 0.29) is 30.5 Å². The van der Waals surface area contributed by atoms with Gasteiger partial charge in [0.2, 0.25) is 0 Å². The molecule has 2 N–H and O–H groups in total. The summed E-state index contributed by atoms with van der Waals surface area (Å²) in [5, 5.41) is 9.14. The van der Waals surface area contributed by atoms with Gasteiger partial charge < -0.3 is 20.1 Å². The lowest BCUT2D eigenvalue weighted by Crippen LogP contribution is -2.54. The average Bonchev–Trinajstić information content (AvgIpc) is 3.34. The van der Waals surface area contributed by atoms with E-state index in [1.165, 1.54) is 11.3 Å². The molecule has 0 aliphatic heterocycles. The van der Waals surface area contributed by atoms with Gasteiger partial charge in [0.1, 0.15) is 28.8 Å². The SMILES string of the molecule is Cc1ccc(OCc2nc(C(=O)N[C@H]3CCCC[C@@H]3NC(=O)COc3ccc(Cl)cc3)cs2)cc1. The maximum atomic E-state index is 12.9. The van der Waals surface area contributed by atoms with E-state index in [0.717, 1.165) is 42.0 Å². The minimum atomic E-state index is -0.244. The van der Waals surface area contributed by atoms with Gasteiger partial charge in [-0.25, -0.2) is 4.98 Å². The Morgan fingerprint density at radius 3 is 2.31 bits per heavy atom. The predicted octanol–water partition coefficient (Wildman–Crippen LogP) is 4.92. The van der Waals surface area contributed by atoms with Crippen LogP contribution in [0.5, 0.6) is 11.5 Å². The third-order valence-corrected chi connectivity index (χ3v) is 6.85.